The highest BCUT2D eigenvalue weighted by Crippen LogP contribution is 2.41. The van der Waals surface area contributed by atoms with Crippen molar-refractivity contribution in [2.75, 3.05) is 14.2 Å². The molecule has 2 aromatic heterocycles. The Bertz CT molecular complexity index is 1120. The van der Waals surface area contributed by atoms with Crippen molar-refractivity contribution in [3.8, 4) is 45.9 Å². The molecule has 0 spiro atoms. The van der Waals surface area contributed by atoms with Crippen LogP contribution in [0.1, 0.15) is 5.56 Å². The van der Waals surface area contributed by atoms with Crippen molar-refractivity contribution in [1.82, 2.24) is 4.57 Å². The number of benzene rings is 2. The molecule has 5 heteroatoms. The van der Waals surface area contributed by atoms with Crippen LogP contribution in [0.2, 0.25) is 0 Å². The van der Waals surface area contributed by atoms with Crippen LogP contribution in [0.5, 0.6) is 11.5 Å². The lowest BCUT2D eigenvalue weighted by Crippen LogP contribution is -1.91. The van der Waals surface area contributed by atoms with Gasteiger partial charge in [0.1, 0.15) is 28.9 Å². The monoisotopic (exact) mass is 370 g/mol. The van der Waals surface area contributed by atoms with Gasteiger partial charge in [-0.3, -0.25) is 4.57 Å². The lowest BCUT2D eigenvalue weighted by molar-refractivity contribution is 0.414. The number of furan rings is 1. The van der Waals surface area contributed by atoms with Crippen molar-refractivity contribution in [3.05, 3.63) is 78.6 Å². The van der Waals surface area contributed by atoms with Crippen molar-refractivity contribution in [2.24, 2.45) is 0 Å². The first-order valence-electron chi connectivity index (χ1n) is 8.74. The molecule has 5 nitrogen and oxygen atoms in total. The van der Waals surface area contributed by atoms with Gasteiger partial charge in [-0.05, 0) is 54.1 Å². The number of rotatable bonds is 5. The van der Waals surface area contributed by atoms with Gasteiger partial charge in [0.25, 0.3) is 0 Å². The first-order chi connectivity index (χ1) is 13.7. The third-order valence-electron chi connectivity index (χ3n) is 4.57. The van der Waals surface area contributed by atoms with Gasteiger partial charge in [0.2, 0.25) is 5.88 Å². The molecule has 0 atom stereocenters. The highest BCUT2D eigenvalue weighted by molar-refractivity contribution is 5.87. The average Bonchev–Trinajstić information content (AvgIpc) is 3.41. The molecule has 0 aliphatic heterocycles. The number of hydrogen-bond acceptors (Lipinski definition) is 4. The molecule has 0 saturated heterocycles. The molecule has 28 heavy (non-hydrogen) atoms. The molecule has 0 aliphatic carbocycles. The van der Waals surface area contributed by atoms with Crippen LogP contribution in [0.15, 0.2) is 77.5 Å². The summed E-state index contributed by atoms with van der Waals surface area (Å²) < 4.78 is 18.5. The Kier molecular flexibility index (Phi) is 4.61. The summed E-state index contributed by atoms with van der Waals surface area (Å²) in [6.45, 7) is 0. The summed E-state index contributed by atoms with van der Waals surface area (Å²) in [5.74, 6) is 2.63. The van der Waals surface area contributed by atoms with Crippen molar-refractivity contribution < 1.29 is 13.9 Å². The van der Waals surface area contributed by atoms with E-state index in [1.807, 2.05) is 73.1 Å². The minimum Gasteiger partial charge on any atom is -0.497 e. The van der Waals surface area contributed by atoms with Gasteiger partial charge in [0.05, 0.1) is 14.2 Å². The molecule has 2 heterocycles. The molecule has 0 fully saturated rings. The van der Waals surface area contributed by atoms with Crippen LogP contribution in [-0.4, -0.2) is 18.8 Å². The first-order valence-corrected chi connectivity index (χ1v) is 8.74. The number of methoxy groups -OCH3 is 2. The van der Waals surface area contributed by atoms with Crippen LogP contribution in [0.25, 0.3) is 28.3 Å². The van der Waals surface area contributed by atoms with Crippen molar-refractivity contribution >= 4 is 0 Å². The van der Waals surface area contributed by atoms with Crippen molar-refractivity contribution in [1.29, 1.82) is 5.26 Å². The van der Waals surface area contributed by atoms with E-state index < -0.39 is 0 Å². The number of hydrogen-bond donors (Lipinski definition) is 0. The highest BCUT2D eigenvalue weighted by Gasteiger charge is 2.24. The van der Waals surface area contributed by atoms with Gasteiger partial charge in [-0.2, -0.15) is 5.26 Å². The molecule has 0 amide bonds. The van der Waals surface area contributed by atoms with Crippen molar-refractivity contribution in [2.45, 2.75) is 0 Å². The Morgan fingerprint density at radius 2 is 1.36 bits per heavy atom. The third kappa shape index (κ3) is 3.01. The van der Waals surface area contributed by atoms with E-state index in [0.29, 0.717) is 17.2 Å². The van der Waals surface area contributed by atoms with Gasteiger partial charge in [0.15, 0.2) is 0 Å². The smallest absolute Gasteiger partial charge is 0.222 e. The summed E-state index contributed by atoms with van der Waals surface area (Å²) in [4.78, 5) is 0. The maximum Gasteiger partial charge on any atom is 0.222 e. The lowest BCUT2D eigenvalue weighted by atomic mass is 9.98. The van der Waals surface area contributed by atoms with Crippen LogP contribution in [0.4, 0.5) is 0 Å². The summed E-state index contributed by atoms with van der Waals surface area (Å²) in [5.41, 5.74) is 2.97. The Hall–Kier alpha value is -3.91. The summed E-state index contributed by atoms with van der Waals surface area (Å²) in [6.07, 6.45) is 3.71. The molecular weight excluding hydrogens is 352 g/mol. The van der Waals surface area contributed by atoms with Gasteiger partial charge in [-0.1, -0.05) is 12.1 Å². The molecule has 0 N–H and O–H groups in total. The molecule has 0 saturated carbocycles. The zero-order valence-electron chi connectivity index (χ0n) is 15.5. The molecule has 4 aromatic rings. The fourth-order valence-corrected chi connectivity index (χ4v) is 3.15. The third-order valence-corrected chi connectivity index (χ3v) is 4.57. The Labute approximate surface area is 163 Å². The van der Waals surface area contributed by atoms with E-state index >= 15 is 0 Å². The van der Waals surface area contributed by atoms with Crippen LogP contribution in [-0.2, 0) is 0 Å². The minimum atomic E-state index is 0.479. The highest BCUT2D eigenvalue weighted by atomic mass is 16.5. The van der Waals surface area contributed by atoms with Gasteiger partial charge < -0.3 is 13.9 Å². The van der Waals surface area contributed by atoms with Gasteiger partial charge >= 0.3 is 0 Å². The zero-order valence-corrected chi connectivity index (χ0v) is 15.5. The van der Waals surface area contributed by atoms with E-state index in [4.69, 9.17) is 13.9 Å². The Morgan fingerprint density at radius 1 is 0.821 bits per heavy atom. The number of nitrogens with zero attached hydrogens (tertiary/aromatic N) is 2. The second-order valence-electron chi connectivity index (χ2n) is 6.15. The largest absolute Gasteiger partial charge is 0.497 e. The SMILES string of the molecule is COc1ccc(-c2oc(-n3cccc3)c(C#N)c2-c2ccc(OC)cc2)cc1. The minimum absolute atomic E-state index is 0.479. The fourth-order valence-electron chi connectivity index (χ4n) is 3.15. The van der Waals surface area contributed by atoms with E-state index in [1.165, 1.54) is 0 Å². The second-order valence-corrected chi connectivity index (χ2v) is 6.15. The van der Waals surface area contributed by atoms with E-state index in [1.54, 1.807) is 18.8 Å². The van der Waals surface area contributed by atoms with Crippen LogP contribution >= 0.6 is 0 Å². The Balaban J connectivity index is 1.96. The molecule has 138 valence electrons. The normalized spacial score (nSPS) is 10.5. The number of nitriles is 1. The predicted molar refractivity (Wildman–Crippen MR) is 107 cm³/mol. The van der Waals surface area contributed by atoms with Crippen LogP contribution in [0.3, 0.4) is 0 Å². The topological polar surface area (TPSA) is 60.3 Å². The summed E-state index contributed by atoms with van der Waals surface area (Å²) in [6, 6.07) is 21.3. The molecule has 0 unspecified atom stereocenters. The van der Waals surface area contributed by atoms with E-state index in [-0.39, 0.29) is 0 Å². The molecule has 2 aromatic carbocycles. The predicted octanol–water partition coefficient (Wildman–Crippen LogP) is 5.29. The fraction of sp³-hybridized carbons (Fsp3) is 0.0870. The summed E-state index contributed by atoms with van der Waals surface area (Å²) >= 11 is 0. The van der Waals surface area contributed by atoms with Gasteiger partial charge in [-0.15, -0.1) is 0 Å². The molecule has 0 aliphatic rings. The van der Waals surface area contributed by atoms with Gasteiger partial charge in [0, 0.05) is 23.5 Å². The van der Waals surface area contributed by atoms with E-state index in [0.717, 1.165) is 28.2 Å². The second kappa shape index (κ2) is 7.37. The molecule has 4 rings (SSSR count). The van der Waals surface area contributed by atoms with E-state index in [2.05, 4.69) is 6.07 Å². The van der Waals surface area contributed by atoms with Crippen LogP contribution < -0.4 is 9.47 Å². The summed E-state index contributed by atoms with van der Waals surface area (Å²) in [5, 5.41) is 9.93. The average molecular weight is 370 g/mol. The lowest BCUT2D eigenvalue weighted by Gasteiger charge is -2.06. The molecular formula is C23H18N2O3. The zero-order chi connectivity index (χ0) is 19.5. The Morgan fingerprint density at radius 3 is 1.86 bits per heavy atom. The molecule has 0 bridgehead atoms. The molecule has 0 radical (unpaired) electrons. The maximum absolute atomic E-state index is 9.93. The maximum atomic E-state index is 9.93. The number of ether oxygens (including phenoxy) is 2. The van der Waals surface area contributed by atoms with Gasteiger partial charge in [-0.25, -0.2) is 0 Å². The summed E-state index contributed by atoms with van der Waals surface area (Å²) in [7, 11) is 3.25. The van der Waals surface area contributed by atoms with Crippen molar-refractivity contribution in [3.63, 3.8) is 0 Å². The standard InChI is InChI=1S/C23H18N2O3/c1-26-18-9-5-16(6-10-18)21-20(15-24)23(25-13-3-4-14-25)28-22(21)17-7-11-19(27-2)12-8-17/h3-14H,1-2H3. The number of aromatic nitrogens is 1. The van der Waals surface area contributed by atoms with Crippen LogP contribution in [0, 0.1) is 11.3 Å². The quantitative estimate of drug-likeness (QED) is 0.479. The van der Waals surface area contributed by atoms with E-state index in [9.17, 15) is 5.26 Å². The first kappa shape index (κ1) is 17.5.